The van der Waals surface area contributed by atoms with Crippen LogP contribution in [0.2, 0.25) is 0 Å². The van der Waals surface area contributed by atoms with Crippen molar-refractivity contribution in [1.82, 2.24) is 10.9 Å². The molecule has 5 nitrogen and oxygen atoms in total. The van der Waals surface area contributed by atoms with Gasteiger partial charge in [0.1, 0.15) is 0 Å². The van der Waals surface area contributed by atoms with E-state index >= 15 is 0 Å². The number of hydrazine groups is 1. The minimum Gasteiger partial charge on any atom is -0.481 e. The summed E-state index contributed by atoms with van der Waals surface area (Å²) in [6, 6.07) is 4.20. The zero-order valence-electron chi connectivity index (χ0n) is 8.92. The van der Waals surface area contributed by atoms with Crippen molar-refractivity contribution in [1.29, 1.82) is 0 Å². The molecule has 2 N–H and O–H groups in total. The summed E-state index contributed by atoms with van der Waals surface area (Å²) in [5.74, 6) is -1.60. The van der Waals surface area contributed by atoms with Gasteiger partial charge in [-0.2, -0.15) is 0 Å². The van der Waals surface area contributed by atoms with Crippen LogP contribution < -0.4 is 15.6 Å². The van der Waals surface area contributed by atoms with Crippen LogP contribution in [-0.4, -0.2) is 18.4 Å². The molecule has 1 rings (SSSR count). The van der Waals surface area contributed by atoms with Crippen molar-refractivity contribution >= 4 is 27.7 Å². The van der Waals surface area contributed by atoms with Gasteiger partial charge in [0.2, 0.25) is 5.91 Å². The highest BCUT2D eigenvalue weighted by Gasteiger charge is 2.07. The van der Waals surface area contributed by atoms with Crippen LogP contribution in [0.3, 0.4) is 0 Å². The molecule has 7 heteroatoms. The number of ether oxygens (including phenoxy) is 1. The molecular formula is C10H10BrFN2O3. The molecule has 0 aliphatic carbocycles. The Balaban J connectivity index is 2.44. The average molecular weight is 305 g/mol. The number of rotatable bonds is 3. The van der Waals surface area contributed by atoms with Crippen LogP contribution >= 0.6 is 15.9 Å². The molecule has 0 heterocycles. The Morgan fingerprint density at radius 3 is 2.71 bits per heavy atom. The highest BCUT2D eigenvalue weighted by atomic mass is 79.9. The zero-order valence-corrected chi connectivity index (χ0v) is 10.5. The Labute approximate surface area is 105 Å². The van der Waals surface area contributed by atoms with Crippen molar-refractivity contribution < 1.29 is 18.7 Å². The largest absolute Gasteiger partial charge is 0.481 e. The van der Waals surface area contributed by atoms with Crippen molar-refractivity contribution in [3.63, 3.8) is 0 Å². The van der Waals surface area contributed by atoms with E-state index in [9.17, 15) is 14.0 Å². The van der Waals surface area contributed by atoms with E-state index in [-0.39, 0.29) is 5.75 Å². The molecule has 0 saturated carbocycles. The summed E-state index contributed by atoms with van der Waals surface area (Å²) in [6.07, 6.45) is 0. The molecule has 1 aromatic carbocycles. The first-order chi connectivity index (χ1) is 7.99. The molecule has 0 fully saturated rings. The fourth-order valence-electron chi connectivity index (χ4n) is 0.929. The van der Waals surface area contributed by atoms with Crippen LogP contribution in [-0.2, 0) is 9.59 Å². The van der Waals surface area contributed by atoms with Crippen LogP contribution in [0.1, 0.15) is 6.92 Å². The Morgan fingerprint density at radius 2 is 2.12 bits per heavy atom. The van der Waals surface area contributed by atoms with Gasteiger partial charge in [-0.1, -0.05) is 15.9 Å². The summed E-state index contributed by atoms with van der Waals surface area (Å²) >= 11 is 3.09. The maximum Gasteiger partial charge on any atom is 0.276 e. The van der Waals surface area contributed by atoms with Gasteiger partial charge in [-0.3, -0.25) is 20.4 Å². The Kier molecular flexibility index (Phi) is 4.89. The topological polar surface area (TPSA) is 67.4 Å². The number of benzene rings is 1. The maximum absolute atomic E-state index is 13.3. The van der Waals surface area contributed by atoms with Gasteiger partial charge in [0.05, 0.1) is 0 Å². The molecule has 0 bridgehead atoms. The Morgan fingerprint density at radius 1 is 1.41 bits per heavy atom. The summed E-state index contributed by atoms with van der Waals surface area (Å²) in [7, 11) is 0. The van der Waals surface area contributed by atoms with E-state index in [2.05, 4.69) is 26.8 Å². The zero-order chi connectivity index (χ0) is 12.8. The van der Waals surface area contributed by atoms with E-state index in [4.69, 9.17) is 4.74 Å². The smallest absolute Gasteiger partial charge is 0.276 e. The van der Waals surface area contributed by atoms with Crippen LogP contribution in [0.4, 0.5) is 4.39 Å². The molecule has 0 atom stereocenters. The predicted octanol–water partition coefficient (Wildman–Crippen LogP) is 1.13. The number of amides is 2. The molecule has 0 unspecified atom stereocenters. The van der Waals surface area contributed by atoms with Crippen molar-refractivity contribution in [2.45, 2.75) is 6.92 Å². The molecule has 17 heavy (non-hydrogen) atoms. The number of halogens is 2. The lowest BCUT2D eigenvalue weighted by atomic mass is 10.3. The lowest BCUT2D eigenvalue weighted by Gasteiger charge is -2.08. The number of carbonyl (C=O) groups excluding carboxylic acids is 2. The first kappa shape index (κ1) is 13.4. The monoisotopic (exact) mass is 304 g/mol. The minimum absolute atomic E-state index is 0.0359. The normalized spacial score (nSPS) is 9.59. The van der Waals surface area contributed by atoms with Crippen molar-refractivity contribution in [2.75, 3.05) is 6.61 Å². The third-order valence-electron chi connectivity index (χ3n) is 1.63. The second kappa shape index (κ2) is 6.19. The molecule has 2 amide bonds. The van der Waals surface area contributed by atoms with Crippen molar-refractivity contribution in [3.8, 4) is 5.75 Å². The number of hydrogen-bond acceptors (Lipinski definition) is 3. The lowest BCUT2D eigenvalue weighted by molar-refractivity contribution is -0.129. The van der Waals surface area contributed by atoms with E-state index in [0.717, 1.165) is 0 Å². The summed E-state index contributed by atoms with van der Waals surface area (Å²) in [6.45, 7) is 0.856. The van der Waals surface area contributed by atoms with Gasteiger partial charge in [0.15, 0.2) is 18.2 Å². The predicted molar refractivity (Wildman–Crippen MR) is 61.6 cm³/mol. The van der Waals surface area contributed by atoms with Crippen molar-refractivity contribution in [3.05, 3.63) is 28.5 Å². The van der Waals surface area contributed by atoms with Gasteiger partial charge in [-0.05, 0) is 18.2 Å². The quantitative estimate of drug-likeness (QED) is 0.823. The molecule has 0 aliphatic rings. The number of hydrogen-bond donors (Lipinski definition) is 2. The van der Waals surface area contributed by atoms with Crippen LogP contribution in [0, 0.1) is 5.82 Å². The first-order valence-electron chi connectivity index (χ1n) is 4.62. The van der Waals surface area contributed by atoms with Gasteiger partial charge in [0, 0.05) is 11.4 Å². The fraction of sp³-hybridized carbons (Fsp3) is 0.200. The molecular weight excluding hydrogens is 295 g/mol. The van der Waals surface area contributed by atoms with Gasteiger partial charge in [-0.25, -0.2) is 4.39 Å². The summed E-state index contributed by atoms with van der Waals surface area (Å²) in [5, 5.41) is 0. The lowest BCUT2D eigenvalue weighted by Crippen LogP contribution is -2.42. The minimum atomic E-state index is -0.581. The van der Waals surface area contributed by atoms with Crippen LogP contribution in [0.5, 0.6) is 5.75 Å². The standard InChI is InChI=1S/C10H10BrFN2O3/c1-6(15)13-14-10(16)5-17-9-3-2-7(11)4-8(9)12/h2-4H,5H2,1H3,(H,13,15)(H,14,16). The second-order valence-electron chi connectivity index (χ2n) is 3.09. The second-order valence-corrected chi connectivity index (χ2v) is 4.01. The molecule has 1 aromatic rings. The van der Waals surface area contributed by atoms with Crippen LogP contribution in [0.15, 0.2) is 22.7 Å². The third kappa shape index (κ3) is 4.81. The summed E-state index contributed by atoms with van der Waals surface area (Å²) in [5.41, 5.74) is 4.17. The molecule has 0 aromatic heterocycles. The van der Waals surface area contributed by atoms with E-state index in [1.165, 1.54) is 19.1 Å². The van der Waals surface area contributed by atoms with E-state index in [1.54, 1.807) is 6.07 Å². The third-order valence-corrected chi connectivity index (χ3v) is 2.12. The highest BCUT2D eigenvalue weighted by Crippen LogP contribution is 2.21. The molecule has 0 spiro atoms. The maximum atomic E-state index is 13.3. The summed E-state index contributed by atoms with van der Waals surface area (Å²) in [4.78, 5) is 21.6. The average Bonchev–Trinajstić information content (AvgIpc) is 2.25. The Bertz CT molecular complexity index is 440. The summed E-state index contributed by atoms with van der Waals surface area (Å²) < 4.78 is 18.8. The van der Waals surface area contributed by atoms with E-state index < -0.39 is 24.2 Å². The molecule has 0 aliphatic heterocycles. The number of carbonyl (C=O) groups is 2. The highest BCUT2D eigenvalue weighted by molar-refractivity contribution is 9.10. The fourth-order valence-corrected chi connectivity index (χ4v) is 1.26. The number of nitrogens with one attached hydrogen (secondary N) is 2. The van der Waals surface area contributed by atoms with Gasteiger partial charge >= 0.3 is 0 Å². The SMILES string of the molecule is CC(=O)NNC(=O)COc1ccc(Br)cc1F. The Hall–Kier alpha value is -1.63. The first-order valence-corrected chi connectivity index (χ1v) is 5.41. The molecule has 92 valence electrons. The molecule has 0 radical (unpaired) electrons. The van der Waals surface area contributed by atoms with Crippen LogP contribution in [0.25, 0.3) is 0 Å². The van der Waals surface area contributed by atoms with Gasteiger partial charge in [0.25, 0.3) is 5.91 Å². The van der Waals surface area contributed by atoms with E-state index in [0.29, 0.717) is 4.47 Å². The van der Waals surface area contributed by atoms with Gasteiger partial charge in [-0.15, -0.1) is 0 Å². The van der Waals surface area contributed by atoms with Crippen molar-refractivity contribution in [2.24, 2.45) is 0 Å². The van der Waals surface area contributed by atoms with Gasteiger partial charge < -0.3 is 4.74 Å². The van der Waals surface area contributed by atoms with E-state index in [1.807, 2.05) is 0 Å². The molecule has 0 saturated heterocycles.